The monoisotopic (exact) mass is 336 g/mol. The molecule has 5 nitrogen and oxygen atoms in total. The van der Waals surface area contributed by atoms with Crippen LogP contribution in [0.25, 0.3) is 0 Å². The quantitative estimate of drug-likeness (QED) is 0.866. The van der Waals surface area contributed by atoms with E-state index in [1.165, 1.54) is 12.3 Å². The highest BCUT2D eigenvalue weighted by Crippen LogP contribution is 2.30. The lowest BCUT2D eigenvalue weighted by Gasteiger charge is -2.11. The van der Waals surface area contributed by atoms with Gasteiger partial charge in [-0.15, -0.1) is 0 Å². The zero-order chi connectivity index (χ0) is 14.5. The summed E-state index contributed by atoms with van der Waals surface area (Å²) < 4.78 is 11.4. The summed E-state index contributed by atoms with van der Waals surface area (Å²) in [6, 6.07) is 8.76. The molecule has 20 heavy (non-hydrogen) atoms. The van der Waals surface area contributed by atoms with E-state index in [0.717, 1.165) is 4.47 Å². The number of hydrogen-bond acceptors (Lipinski definition) is 5. The SMILES string of the molecule is CCOC(=O)c1cc(N)cnc1Oc1ccccc1Br. The predicted octanol–water partition coefficient (Wildman–Crippen LogP) is 3.40. The number of carbonyl (C=O) groups excluding carboxylic acids is 1. The van der Waals surface area contributed by atoms with Crippen LogP contribution in [-0.2, 0) is 4.74 Å². The molecule has 2 rings (SSSR count). The van der Waals surface area contributed by atoms with Crippen molar-refractivity contribution in [3.63, 3.8) is 0 Å². The molecule has 1 heterocycles. The van der Waals surface area contributed by atoms with Gasteiger partial charge < -0.3 is 15.2 Å². The zero-order valence-electron chi connectivity index (χ0n) is 10.8. The molecule has 1 aromatic carbocycles. The standard InChI is InChI=1S/C14H13BrN2O3/c1-2-19-14(18)10-7-9(16)8-17-13(10)20-12-6-4-3-5-11(12)15/h3-8H,2,16H2,1H3. The number of nitrogens with two attached hydrogens (primary N) is 1. The van der Waals surface area contributed by atoms with Crippen molar-refractivity contribution < 1.29 is 14.3 Å². The van der Waals surface area contributed by atoms with Crippen LogP contribution in [0.3, 0.4) is 0 Å². The lowest BCUT2D eigenvalue weighted by atomic mass is 10.2. The number of halogens is 1. The Morgan fingerprint density at radius 2 is 2.15 bits per heavy atom. The third kappa shape index (κ3) is 3.27. The number of nitrogens with zero attached hydrogens (tertiary/aromatic N) is 1. The number of esters is 1. The van der Waals surface area contributed by atoms with E-state index in [2.05, 4.69) is 20.9 Å². The maximum atomic E-state index is 11.9. The second kappa shape index (κ2) is 6.38. The van der Waals surface area contributed by atoms with Crippen molar-refractivity contribution in [2.45, 2.75) is 6.92 Å². The molecule has 0 atom stereocenters. The van der Waals surface area contributed by atoms with E-state index in [4.69, 9.17) is 15.2 Å². The molecule has 0 fully saturated rings. The van der Waals surface area contributed by atoms with Crippen molar-refractivity contribution in [3.05, 3.63) is 46.6 Å². The van der Waals surface area contributed by atoms with Gasteiger partial charge in [0.1, 0.15) is 11.3 Å². The first-order valence-electron chi connectivity index (χ1n) is 5.97. The van der Waals surface area contributed by atoms with Crippen LogP contribution < -0.4 is 10.5 Å². The molecular formula is C14H13BrN2O3. The average molecular weight is 337 g/mol. The van der Waals surface area contributed by atoms with Crippen LogP contribution in [0.15, 0.2) is 41.0 Å². The number of anilines is 1. The molecule has 104 valence electrons. The minimum Gasteiger partial charge on any atom is -0.462 e. The molecule has 0 aliphatic heterocycles. The van der Waals surface area contributed by atoms with Crippen LogP contribution in [0.4, 0.5) is 5.69 Å². The third-order valence-corrected chi connectivity index (χ3v) is 3.07. The molecule has 0 aliphatic carbocycles. The van der Waals surface area contributed by atoms with Gasteiger partial charge in [0, 0.05) is 0 Å². The third-order valence-electron chi connectivity index (χ3n) is 2.41. The number of hydrogen-bond donors (Lipinski definition) is 1. The highest BCUT2D eigenvalue weighted by Gasteiger charge is 2.17. The lowest BCUT2D eigenvalue weighted by molar-refractivity contribution is 0.0523. The Kier molecular flexibility index (Phi) is 4.57. The fourth-order valence-electron chi connectivity index (χ4n) is 1.54. The zero-order valence-corrected chi connectivity index (χ0v) is 12.4. The molecule has 0 saturated carbocycles. The van der Waals surface area contributed by atoms with Gasteiger partial charge >= 0.3 is 5.97 Å². The Balaban J connectivity index is 2.36. The number of carbonyl (C=O) groups is 1. The van der Waals surface area contributed by atoms with E-state index in [-0.39, 0.29) is 18.1 Å². The summed E-state index contributed by atoms with van der Waals surface area (Å²) in [5.74, 6) is 0.189. The van der Waals surface area contributed by atoms with E-state index < -0.39 is 5.97 Å². The fraction of sp³-hybridized carbons (Fsp3) is 0.143. The Bertz CT molecular complexity index is 632. The highest BCUT2D eigenvalue weighted by molar-refractivity contribution is 9.10. The molecule has 2 aromatic rings. The first-order valence-corrected chi connectivity index (χ1v) is 6.76. The summed E-state index contributed by atoms with van der Waals surface area (Å²) in [4.78, 5) is 15.9. The van der Waals surface area contributed by atoms with Crippen LogP contribution in [0.5, 0.6) is 11.6 Å². The number of benzene rings is 1. The van der Waals surface area contributed by atoms with Gasteiger partial charge in [0.05, 0.1) is 23.0 Å². The largest absolute Gasteiger partial charge is 0.462 e. The molecule has 0 radical (unpaired) electrons. The van der Waals surface area contributed by atoms with E-state index in [1.54, 1.807) is 13.0 Å². The number of pyridine rings is 1. The first kappa shape index (κ1) is 14.3. The van der Waals surface area contributed by atoms with Crippen LogP contribution >= 0.6 is 15.9 Å². The number of ether oxygens (including phenoxy) is 2. The smallest absolute Gasteiger partial charge is 0.343 e. The Morgan fingerprint density at radius 1 is 1.40 bits per heavy atom. The second-order valence-corrected chi connectivity index (χ2v) is 4.73. The lowest BCUT2D eigenvalue weighted by Crippen LogP contribution is -2.08. The number of rotatable bonds is 4. The molecule has 0 amide bonds. The molecule has 0 spiro atoms. The molecule has 6 heteroatoms. The minimum atomic E-state index is -0.519. The Hall–Kier alpha value is -2.08. The number of para-hydroxylation sites is 1. The van der Waals surface area contributed by atoms with Crippen molar-refractivity contribution in [3.8, 4) is 11.6 Å². The summed E-state index contributed by atoms with van der Waals surface area (Å²) in [5, 5.41) is 0. The molecule has 0 bridgehead atoms. The molecule has 0 aliphatic rings. The van der Waals surface area contributed by atoms with Gasteiger partial charge in [-0.1, -0.05) is 12.1 Å². The molecule has 1 aromatic heterocycles. The van der Waals surface area contributed by atoms with Gasteiger partial charge in [0.25, 0.3) is 0 Å². The van der Waals surface area contributed by atoms with Crippen LogP contribution in [0, 0.1) is 0 Å². The molecule has 0 saturated heterocycles. The minimum absolute atomic E-state index is 0.157. The maximum Gasteiger partial charge on any atom is 0.343 e. The summed E-state index contributed by atoms with van der Waals surface area (Å²) in [6.07, 6.45) is 1.43. The van der Waals surface area contributed by atoms with Gasteiger partial charge in [0.15, 0.2) is 0 Å². The fourth-order valence-corrected chi connectivity index (χ4v) is 1.90. The van der Waals surface area contributed by atoms with Gasteiger partial charge in [-0.25, -0.2) is 9.78 Å². The van der Waals surface area contributed by atoms with E-state index in [1.807, 2.05) is 18.2 Å². The van der Waals surface area contributed by atoms with Crippen LogP contribution in [0.1, 0.15) is 17.3 Å². The molecule has 2 N–H and O–H groups in total. The van der Waals surface area contributed by atoms with Crippen LogP contribution in [0.2, 0.25) is 0 Å². The van der Waals surface area contributed by atoms with E-state index >= 15 is 0 Å². The maximum absolute atomic E-state index is 11.9. The normalized spacial score (nSPS) is 10.1. The van der Waals surface area contributed by atoms with Crippen molar-refractivity contribution in [1.29, 1.82) is 0 Å². The van der Waals surface area contributed by atoms with Gasteiger partial charge in [-0.05, 0) is 41.1 Å². The summed E-state index contributed by atoms with van der Waals surface area (Å²) >= 11 is 3.37. The predicted molar refractivity (Wildman–Crippen MR) is 78.8 cm³/mol. The van der Waals surface area contributed by atoms with Crippen molar-refractivity contribution in [2.24, 2.45) is 0 Å². The van der Waals surface area contributed by atoms with E-state index in [0.29, 0.717) is 11.4 Å². The number of aromatic nitrogens is 1. The second-order valence-electron chi connectivity index (χ2n) is 3.87. The highest BCUT2D eigenvalue weighted by atomic mass is 79.9. The molecular weight excluding hydrogens is 324 g/mol. The van der Waals surface area contributed by atoms with Gasteiger partial charge in [-0.2, -0.15) is 0 Å². The van der Waals surface area contributed by atoms with Gasteiger partial charge in [0.2, 0.25) is 5.88 Å². The Morgan fingerprint density at radius 3 is 2.85 bits per heavy atom. The Labute approximate surface area is 124 Å². The first-order chi connectivity index (χ1) is 9.61. The van der Waals surface area contributed by atoms with E-state index in [9.17, 15) is 4.79 Å². The van der Waals surface area contributed by atoms with Gasteiger partial charge in [-0.3, -0.25) is 0 Å². The summed E-state index contributed by atoms with van der Waals surface area (Å²) in [7, 11) is 0. The topological polar surface area (TPSA) is 74.4 Å². The van der Waals surface area contributed by atoms with Crippen molar-refractivity contribution in [2.75, 3.05) is 12.3 Å². The summed E-state index contributed by atoms with van der Waals surface area (Å²) in [6.45, 7) is 1.99. The average Bonchev–Trinajstić information content (AvgIpc) is 2.43. The van der Waals surface area contributed by atoms with Crippen LogP contribution in [-0.4, -0.2) is 17.6 Å². The van der Waals surface area contributed by atoms with Crippen molar-refractivity contribution in [1.82, 2.24) is 4.98 Å². The van der Waals surface area contributed by atoms with Crippen molar-refractivity contribution >= 4 is 27.6 Å². The number of nitrogen functional groups attached to an aromatic ring is 1. The molecule has 0 unspecified atom stereocenters. The summed E-state index contributed by atoms with van der Waals surface area (Å²) in [5.41, 5.74) is 6.21.